The predicted molar refractivity (Wildman–Crippen MR) is 86.0 cm³/mol. The summed E-state index contributed by atoms with van der Waals surface area (Å²) in [5.41, 5.74) is 0.0371. The number of ether oxygens (including phenoxy) is 3. The molecule has 2 aliphatic heterocycles. The van der Waals surface area contributed by atoms with Crippen molar-refractivity contribution in [3.8, 4) is 5.75 Å². The van der Waals surface area contributed by atoms with Gasteiger partial charge in [-0.15, -0.1) is 11.8 Å². The number of hydrogen-bond acceptors (Lipinski definition) is 4. The van der Waals surface area contributed by atoms with Crippen molar-refractivity contribution >= 4 is 11.8 Å². The van der Waals surface area contributed by atoms with E-state index in [0.29, 0.717) is 18.1 Å². The van der Waals surface area contributed by atoms with Crippen molar-refractivity contribution in [3.05, 3.63) is 59.2 Å². The number of hydrogen-bond donors (Lipinski definition) is 0. The molecule has 0 unspecified atom stereocenters. The average molecular weight is 386 g/mol. The highest BCUT2D eigenvalue weighted by Gasteiger charge is 2.42. The molecule has 2 heterocycles. The highest BCUT2D eigenvalue weighted by atomic mass is 32.2. The number of halogens is 4. The van der Waals surface area contributed by atoms with Crippen molar-refractivity contribution in [1.82, 2.24) is 0 Å². The lowest BCUT2D eigenvalue weighted by atomic mass is 9.94. The molecule has 0 N–H and O–H groups in total. The summed E-state index contributed by atoms with van der Waals surface area (Å²) in [5.74, 6) is -3.91. The first-order chi connectivity index (χ1) is 12.5. The molecular formula is C18H14F4O3S. The van der Waals surface area contributed by atoms with Gasteiger partial charge in [0.2, 0.25) is 0 Å². The van der Waals surface area contributed by atoms with Crippen LogP contribution in [0.25, 0.3) is 0 Å². The van der Waals surface area contributed by atoms with Crippen LogP contribution in [0.1, 0.15) is 10.8 Å². The number of thioether (sulfide) groups is 1. The molecule has 0 bridgehead atoms. The fourth-order valence-corrected chi connectivity index (χ4v) is 4.46. The van der Waals surface area contributed by atoms with E-state index in [1.807, 2.05) is 0 Å². The van der Waals surface area contributed by atoms with E-state index in [-0.39, 0.29) is 17.9 Å². The number of rotatable bonds is 3. The van der Waals surface area contributed by atoms with Crippen molar-refractivity contribution < 1.29 is 31.8 Å². The van der Waals surface area contributed by atoms with Crippen LogP contribution < -0.4 is 4.74 Å². The predicted octanol–water partition coefficient (Wildman–Crippen LogP) is 4.46. The molecule has 0 saturated carbocycles. The number of fused-ring (bicyclic) bond motifs is 1. The van der Waals surface area contributed by atoms with Crippen molar-refractivity contribution in [2.45, 2.75) is 16.4 Å². The standard InChI is InChI=1S/C18H14F4O3S/c19-11-2-1-9(7-14(11)22)26-17-10(18-23-5-6-24-18)8-25-16-13(21)4-3-12(20)15(16)17/h1-4,7,10,17-18H,5-6,8H2/t10-,17+/m1/s1. The second-order valence-electron chi connectivity index (χ2n) is 5.97. The number of benzene rings is 2. The van der Waals surface area contributed by atoms with E-state index >= 15 is 0 Å². The lowest BCUT2D eigenvalue weighted by Gasteiger charge is -2.35. The molecule has 0 spiro atoms. The minimum Gasteiger partial charge on any atom is -0.490 e. The summed E-state index contributed by atoms with van der Waals surface area (Å²) in [6, 6.07) is 5.44. The lowest BCUT2D eigenvalue weighted by molar-refractivity contribution is -0.0977. The first-order valence-electron chi connectivity index (χ1n) is 8.00. The molecule has 26 heavy (non-hydrogen) atoms. The van der Waals surface area contributed by atoms with Crippen LogP contribution in [0.4, 0.5) is 17.6 Å². The molecule has 2 aromatic carbocycles. The monoisotopic (exact) mass is 386 g/mol. The Morgan fingerprint density at radius 3 is 2.27 bits per heavy atom. The summed E-state index contributed by atoms with van der Waals surface area (Å²) in [7, 11) is 0. The van der Waals surface area contributed by atoms with Gasteiger partial charge in [-0.2, -0.15) is 0 Å². The summed E-state index contributed by atoms with van der Waals surface area (Å²) in [6.45, 7) is 0.837. The van der Waals surface area contributed by atoms with Gasteiger partial charge in [-0.05, 0) is 30.3 Å². The van der Waals surface area contributed by atoms with Gasteiger partial charge in [-0.1, -0.05) is 0 Å². The topological polar surface area (TPSA) is 27.7 Å². The molecule has 0 radical (unpaired) electrons. The van der Waals surface area contributed by atoms with Crippen LogP contribution in [0, 0.1) is 29.2 Å². The third kappa shape index (κ3) is 3.17. The highest BCUT2D eigenvalue weighted by molar-refractivity contribution is 7.99. The van der Waals surface area contributed by atoms with Gasteiger partial charge in [-0.25, -0.2) is 17.6 Å². The maximum absolute atomic E-state index is 14.5. The lowest BCUT2D eigenvalue weighted by Crippen LogP contribution is -2.35. The first-order valence-corrected chi connectivity index (χ1v) is 8.88. The van der Waals surface area contributed by atoms with E-state index in [9.17, 15) is 17.6 Å². The molecule has 0 amide bonds. The fraction of sp³-hybridized carbons (Fsp3) is 0.333. The normalized spacial score (nSPS) is 22.9. The fourth-order valence-electron chi connectivity index (χ4n) is 3.13. The Bertz CT molecular complexity index is 826. The van der Waals surface area contributed by atoms with Gasteiger partial charge in [0.15, 0.2) is 29.5 Å². The summed E-state index contributed by atoms with van der Waals surface area (Å²) in [6.07, 6.45) is -0.645. The smallest absolute Gasteiger partial charge is 0.165 e. The Morgan fingerprint density at radius 2 is 1.54 bits per heavy atom. The zero-order valence-electron chi connectivity index (χ0n) is 13.4. The van der Waals surface area contributed by atoms with E-state index < -0.39 is 40.7 Å². The van der Waals surface area contributed by atoms with Crippen molar-refractivity contribution in [1.29, 1.82) is 0 Å². The van der Waals surface area contributed by atoms with E-state index in [0.717, 1.165) is 36.0 Å². The largest absolute Gasteiger partial charge is 0.490 e. The molecule has 3 nitrogen and oxygen atoms in total. The van der Waals surface area contributed by atoms with Crippen LogP contribution in [0.2, 0.25) is 0 Å². The third-order valence-electron chi connectivity index (χ3n) is 4.34. The Morgan fingerprint density at radius 1 is 0.846 bits per heavy atom. The molecule has 2 aliphatic rings. The molecule has 138 valence electrons. The summed E-state index contributed by atoms with van der Waals surface area (Å²) in [4.78, 5) is 0.383. The van der Waals surface area contributed by atoms with Gasteiger partial charge in [0.25, 0.3) is 0 Å². The van der Waals surface area contributed by atoms with E-state index in [1.165, 1.54) is 6.07 Å². The Balaban J connectivity index is 1.75. The molecule has 2 aromatic rings. The van der Waals surface area contributed by atoms with Crippen LogP contribution in [0.15, 0.2) is 35.2 Å². The van der Waals surface area contributed by atoms with Crippen LogP contribution >= 0.6 is 11.8 Å². The van der Waals surface area contributed by atoms with E-state index in [1.54, 1.807) is 0 Å². The first kappa shape index (κ1) is 17.6. The van der Waals surface area contributed by atoms with Crippen molar-refractivity contribution in [3.63, 3.8) is 0 Å². The molecule has 0 aromatic heterocycles. The molecule has 0 aliphatic carbocycles. The summed E-state index contributed by atoms with van der Waals surface area (Å²) < 4.78 is 71.9. The van der Waals surface area contributed by atoms with E-state index in [2.05, 4.69) is 0 Å². The van der Waals surface area contributed by atoms with E-state index in [4.69, 9.17) is 14.2 Å². The van der Waals surface area contributed by atoms with Crippen molar-refractivity contribution in [2.24, 2.45) is 5.92 Å². The van der Waals surface area contributed by atoms with Crippen LogP contribution in [0.5, 0.6) is 5.75 Å². The molecule has 1 fully saturated rings. The van der Waals surface area contributed by atoms with Gasteiger partial charge < -0.3 is 14.2 Å². The van der Waals surface area contributed by atoms with Crippen molar-refractivity contribution in [2.75, 3.05) is 19.8 Å². The molecule has 8 heteroatoms. The van der Waals surface area contributed by atoms with Gasteiger partial charge in [0, 0.05) is 10.5 Å². The Labute approximate surface area is 151 Å². The average Bonchev–Trinajstić information content (AvgIpc) is 3.16. The minimum absolute atomic E-state index is 0.0371. The second-order valence-corrected chi connectivity index (χ2v) is 7.19. The summed E-state index contributed by atoms with van der Waals surface area (Å²) in [5, 5.41) is -0.651. The van der Waals surface area contributed by atoms with Crippen LogP contribution in [-0.4, -0.2) is 26.1 Å². The van der Waals surface area contributed by atoms with Gasteiger partial charge in [-0.3, -0.25) is 0 Å². The van der Waals surface area contributed by atoms with Gasteiger partial charge >= 0.3 is 0 Å². The van der Waals surface area contributed by atoms with Crippen LogP contribution in [0.3, 0.4) is 0 Å². The molecule has 2 atom stereocenters. The minimum atomic E-state index is -1.01. The molecular weight excluding hydrogens is 372 g/mol. The zero-order chi connectivity index (χ0) is 18.3. The third-order valence-corrected chi connectivity index (χ3v) is 5.70. The van der Waals surface area contributed by atoms with Gasteiger partial charge in [0.05, 0.1) is 31.0 Å². The van der Waals surface area contributed by atoms with Gasteiger partial charge in [0.1, 0.15) is 5.82 Å². The maximum Gasteiger partial charge on any atom is 0.165 e. The molecule has 1 saturated heterocycles. The Hall–Kier alpha value is -1.77. The summed E-state index contributed by atoms with van der Waals surface area (Å²) >= 11 is 1.09. The zero-order valence-corrected chi connectivity index (χ0v) is 14.2. The quantitative estimate of drug-likeness (QED) is 0.728. The van der Waals surface area contributed by atoms with Crippen LogP contribution in [-0.2, 0) is 9.47 Å². The Kier molecular flexibility index (Phi) is 4.81. The molecule has 4 rings (SSSR count). The maximum atomic E-state index is 14.5. The second kappa shape index (κ2) is 7.09. The highest BCUT2D eigenvalue weighted by Crippen LogP contribution is 2.51. The SMILES string of the molecule is Fc1ccc(S[C@@H]2c3c(F)ccc(F)c3OC[C@H]2C2OCCO2)cc1F.